The van der Waals surface area contributed by atoms with Crippen molar-refractivity contribution in [1.82, 2.24) is 9.80 Å². The molecule has 0 fully saturated rings. The van der Waals surface area contributed by atoms with Crippen LogP contribution < -0.4 is 4.74 Å². The molecule has 0 radical (unpaired) electrons. The van der Waals surface area contributed by atoms with Gasteiger partial charge in [0.1, 0.15) is 12.3 Å². The highest BCUT2D eigenvalue weighted by Gasteiger charge is 2.32. The van der Waals surface area contributed by atoms with E-state index in [0.29, 0.717) is 25.3 Å². The number of carbonyl (C=O) groups excluding carboxylic acids is 1. The first kappa shape index (κ1) is 15.3. The Hall–Kier alpha value is -2.08. The third kappa shape index (κ3) is 3.95. The maximum Gasteiger partial charge on any atom is 0.323 e. The maximum atomic E-state index is 12.5. The summed E-state index contributed by atoms with van der Waals surface area (Å²) in [4.78, 5) is 26.7. The second-order valence-electron chi connectivity index (χ2n) is 5.38. The third-order valence-electron chi connectivity index (χ3n) is 3.38. The Morgan fingerprint density at radius 3 is 2.62 bits per heavy atom. The van der Waals surface area contributed by atoms with Gasteiger partial charge in [0.25, 0.3) is 5.91 Å². The number of nitrogens with zero attached hydrogens (tertiary/aromatic N) is 2. The Bertz CT molecular complexity index is 505. The van der Waals surface area contributed by atoms with Crippen LogP contribution in [0.3, 0.4) is 0 Å². The molecule has 1 aromatic rings. The molecular formula is C15H20N2O4. The smallest absolute Gasteiger partial charge is 0.323 e. The highest BCUT2D eigenvalue weighted by molar-refractivity contribution is 5.86. The molecular weight excluding hydrogens is 272 g/mol. The van der Waals surface area contributed by atoms with E-state index in [4.69, 9.17) is 9.84 Å². The van der Waals surface area contributed by atoms with E-state index < -0.39 is 12.1 Å². The lowest BCUT2D eigenvalue weighted by atomic mass is 10.1. The number of carbonyl (C=O) groups is 2. The van der Waals surface area contributed by atoms with Crippen molar-refractivity contribution in [3.05, 3.63) is 29.8 Å². The van der Waals surface area contributed by atoms with Crippen LogP contribution in [-0.4, -0.2) is 66.6 Å². The van der Waals surface area contributed by atoms with Crippen molar-refractivity contribution in [3.63, 3.8) is 0 Å². The molecule has 1 aliphatic heterocycles. The minimum atomic E-state index is -1.02. The zero-order valence-electron chi connectivity index (χ0n) is 12.3. The van der Waals surface area contributed by atoms with E-state index in [0.717, 1.165) is 5.56 Å². The topological polar surface area (TPSA) is 70.1 Å². The largest absolute Gasteiger partial charge is 0.480 e. The average Bonchev–Trinajstić information content (AvgIpc) is 2.86. The predicted octanol–water partition coefficient (Wildman–Crippen LogP) is 0.465. The number of likely N-dealkylation sites (N-methyl/N-ethyl adjacent to an activating group) is 1. The Labute approximate surface area is 123 Å². The third-order valence-corrected chi connectivity index (χ3v) is 3.38. The van der Waals surface area contributed by atoms with Crippen molar-refractivity contribution in [2.24, 2.45) is 0 Å². The van der Waals surface area contributed by atoms with Gasteiger partial charge in [-0.25, -0.2) is 0 Å². The number of hydrogen-bond donors (Lipinski definition) is 1. The van der Waals surface area contributed by atoms with Crippen LogP contribution in [0.5, 0.6) is 5.75 Å². The van der Waals surface area contributed by atoms with Gasteiger partial charge in [0.15, 0.2) is 6.10 Å². The van der Waals surface area contributed by atoms with Gasteiger partial charge in [-0.15, -0.1) is 0 Å². The van der Waals surface area contributed by atoms with Crippen molar-refractivity contribution in [2.45, 2.75) is 12.5 Å². The molecule has 0 saturated heterocycles. The molecule has 6 heteroatoms. The van der Waals surface area contributed by atoms with Crippen LogP contribution >= 0.6 is 0 Å². The number of fused-ring (bicyclic) bond motifs is 1. The van der Waals surface area contributed by atoms with E-state index >= 15 is 0 Å². The molecule has 0 aromatic heterocycles. The lowest BCUT2D eigenvalue weighted by Gasteiger charge is -2.25. The molecule has 1 aliphatic rings. The summed E-state index contributed by atoms with van der Waals surface area (Å²) >= 11 is 0. The van der Waals surface area contributed by atoms with Crippen LogP contribution in [0.15, 0.2) is 24.3 Å². The first-order chi connectivity index (χ1) is 9.97. The highest BCUT2D eigenvalue weighted by Crippen LogP contribution is 2.28. The van der Waals surface area contributed by atoms with Gasteiger partial charge in [-0.3, -0.25) is 9.59 Å². The molecule has 1 aromatic carbocycles. The highest BCUT2D eigenvalue weighted by atomic mass is 16.5. The number of amides is 1. The lowest BCUT2D eigenvalue weighted by molar-refractivity contribution is -0.147. The van der Waals surface area contributed by atoms with Crippen LogP contribution in [0.4, 0.5) is 0 Å². The van der Waals surface area contributed by atoms with E-state index in [1.54, 1.807) is 0 Å². The number of benzene rings is 1. The number of hydrogen-bond acceptors (Lipinski definition) is 4. The monoisotopic (exact) mass is 292 g/mol. The molecule has 0 bridgehead atoms. The number of rotatable bonds is 6. The second kappa shape index (κ2) is 6.58. The molecule has 0 aliphatic carbocycles. The van der Waals surface area contributed by atoms with Gasteiger partial charge >= 0.3 is 5.97 Å². The molecule has 1 heterocycles. The van der Waals surface area contributed by atoms with Gasteiger partial charge in [0.05, 0.1) is 0 Å². The zero-order valence-corrected chi connectivity index (χ0v) is 12.3. The van der Waals surface area contributed by atoms with Gasteiger partial charge < -0.3 is 19.6 Å². The fourth-order valence-corrected chi connectivity index (χ4v) is 2.27. The normalized spacial score (nSPS) is 16.4. The predicted molar refractivity (Wildman–Crippen MR) is 77.3 cm³/mol. The van der Waals surface area contributed by atoms with E-state index in [1.165, 1.54) is 4.90 Å². The summed E-state index contributed by atoms with van der Waals surface area (Å²) in [5.41, 5.74) is 0.985. The molecule has 1 amide bonds. The molecule has 6 nitrogen and oxygen atoms in total. The Morgan fingerprint density at radius 2 is 2.00 bits per heavy atom. The fourth-order valence-electron chi connectivity index (χ4n) is 2.27. The van der Waals surface area contributed by atoms with E-state index in [1.807, 2.05) is 43.3 Å². The average molecular weight is 292 g/mol. The summed E-state index contributed by atoms with van der Waals surface area (Å²) in [6.45, 7) is 0.676. The zero-order chi connectivity index (χ0) is 15.4. The van der Waals surface area contributed by atoms with Gasteiger partial charge in [0, 0.05) is 19.5 Å². The van der Waals surface area contributed by atoms with Gasteiger partial charge in [-0.05, 0) is 25.7 Å². The summed E-state index contributed by atoms with van der Waals surface area (Å²) in [5.74, 6) is -0.577. The van der Waals surface area contributed by atoms with Crippen LogP contribution in [0, 0.1) is 0 Å². The van der Waals surface area contributed by atoms with Gasteiger partial charge in [0.2, 0.25) is 0 Å². The number of aliphatic carboxylic acids is 1. The Morgan fingerprint density at radius 1 is 1.29 bits per heavy atom. The summed E-state index contributed by atoms with van der Waals surface area (Å²) < 4.78 is 5.64. The fraction of sp³-hybridized carbons (Fsp3) is 0.467. The SMILES string of the molecule is CN(C)CCN(CC(=O)O)C(=O)[C@@H]1Cc2ccccc2O1. The van der Waals surface area contributed by atoms with Crippen molar-refractivity contribution < 1.29 is 19.4 Å². The molecule has 1 atom stereocenters. The number of ether oxygens (including phenoxy) is 1. The van der Waals surface area contributed by atoms with Crippen molar-refractivity contribution in [2.75, 3.05) is 33.7 Å². The standard InChI is InChI=1S/C15H20N2O4/c1-16(2)7-8-17(10-14(18)19)15(20)13-9-11-5-3-4-6-12(11)21-13/h3-6,13H,7-10H2,1-2H3,(H,18,19)/t13-/m0/s1. The molecule has 114 valence electrons. The molecule has 0 unspecified atom stereocenters. The van der Waals surface area contributed by atoms with Crippen molar-refractivity contribution in [1.29, 1.82) is 0 Å². The summed E-state index contributed by atoms with van der Waals surface area (Å²) in [5, 5.41) is 8.97. The second-order valence-corrected chi connectivity index (χ2v) is 5.38. The summed E-state index contributed by atoms with van der Waals surface area (Å²) in [7, 11) is 3.76. The van der Waals surface area contributed by atoms with Crippen molar-refractivity contribution >= 4 is 11.9 Å². The quantitative estimate of drug-likeness (QED) is 0.825. The number of carboxylic acid groups (broad SMARTS) is 1. The van der Waals surface area contributed by atoms with Crippen LogP contribution in [-0.2, 0) is 16.0 Å². The van der Waals surface area contributed by atoms with Crippen molar-refractivity contribution in [3.8, 4) is 5.75 Å². The first-order valence-corrected chi connectivity index (χ1v) is 6.87. The van der Waals surface area contributed by atoms with Gasteiger partial charge in [-0.2, -0.15) is 0 Å². The Balaban J connectivity index is 2.03. The first-order valence-electron chi connectivity index (χ1n) is 6.87. The maximum absolute atomic E-state index is 12.5. The molecule has 0 saturated carbocycles. The van der Waals surface area contributed by atoms with Crippen LogP contribution in [0.2, 0.25) is 0 Å². The van der Waals surface area contributed by atoms with E-state index in [9.17, 15) is 9.59 Å². The minimum absolute atomic E-state index is 0.268. The molecule has 2 rings (SSSR count). The molecule has 1 N–H and O–H groups in total. The minimum Gasteiger partial charge on any atom is -0.480 e. The lowest BCUT2D eigenvalue weighted by Crippen LogP contribution is -2.46. The van der Waals surface area contributed by atoms with Crippen LogP contribution in [0.25, 0.3) is 0 Å². The number of para-hydroxylation sites is 1. The number of carboxylic acids is 1. The molecule has 21 heavy (non-hydrogen) atoms. The van der Waals surface area contributed by atoms with Crippen LogP contribution in [0.1, 0.15) is 5.56 Å². The summed E-state index contributed by atoms with van der Waals surface area (Å²) in [6, 6.07) is 7.50. The van der Waals surface area contributed by atoms with Gasteiger partial charge in [-0.1, -0.05) is 18.2 Å². The summed E-state index contributed by atoms with van der Waals surface area (Å²) in [6.07, 6.45) is -0.128. The van der Waals surface area contributed by atoms with E-state index in [2.05, 4.69) is 0 Å². The molecule has 0 spiro atoms. The van der Waals surface area contributed by atoms with E-state index in [-0.39, 0.29) is 12.5 Å². The Kier molecular flexibility index (Phi) is 4.80.